The maximum absolute atomic E-state index is 4.03. The summed E-state index contributed by atoms with van der Waals surface area (Å²) in [4.78, 5) is 0. The SMILES string of the molecule is C=C[C@H]1C(C)C(CC)C(CC)C1(C)C. The number of rotatable bonds is 3. The van der Waals surface area contributed by atoms with Crippen LogP contribution < -0.4 is 0 Å². The highest BCUT2D eigenvalue weighted by atomic mass is 14.5. The van der Waals surface area contributed by atoms with Crippen LogP contribution in [0.3, 0.4) is 0 Å². The van der Waals surface area contributed by atoms with Crippen molar-refractivity contribution < 1.29 is 0 Å². The van der Waals surface area contributed by atoms with Gasteiger partial charge in [-0.2, -0.15) is 0 Å². The molecule has 0 amide bonds. The van der Waals surface area contributed by atoms with Gasteiger partial charge in [-0.3, -0.25) is 0 Å². The van der Waals surface area contributed by atoms with Crippen LogP contribution >= 0.6 is 0 Å². The molecule has 1 rings (SSSR count). The van der Waals surface area contributed by atoms with Crippen molar-refractivity contribution in [1.82, 2.24) is 0 Å². The summed E-state index contributed by atoms with van der Waals surface area (Å²) in [6, 6.07) is 0. The van der Waals surface area contributed by atoms with Gasteiger partial charge in [-0.1, -0.05) is 53.5 Å². The standard InChI is InChI=1S/C14H26/c1-7-11-10(4)12(8-2)14(5,6)13(11)9-3/h8,10-13H,2,7,9H2,1,3-6H3/t10?,11?,12-,13?/m0/s1. The largest absolute Gasteiger partial charge is 0.103 e. The Morgan fingerprint density at radius 3 is 2.07 bits per heavy atom. The normalized spacial score (nSPS) is 41.2. The van der Waals surface area contributed by atoms with Gasteiger partial charge in [0.2, 0.25) is 0 Å². The zero-order valence-electron chi connectivity index (χ0n) is 10.5. The van der Waals surface area contributed by atoms with Crippen LogP contribution in [-0.2, 0) is 0 Å². The van der Waals surface area contributed by atoms with Gasteiger partial charge in [-0.25, -0.2) is 0 Å². The van der Waals surface area contributed by atoms with E-state index in [0.29, 0.717) is 11.3 Å². The van der Waals surface area contributed by atoms with Crippen LogP contribution in [0.25, 0.3) is 0 Å². The first kappa shape index (κ1) is 11.8. The lowest BCUT2D eigenvalue weighted by molar-refractivity contribution is 0.182. The van der Waals surface area contributed by atoms with Gasteiger partial charge >= 0.3 is 0 Å². The molecule has 1 aliphatic rings. The van der Waals surface area contributed by atoms with Crippen molar-refractivity contribution in [3.63, 3.8) is 0 Å². The summed E-state index contributed by atoms with van der Waals surface area (Å²) in [6.07, 6.45) is 4.84. The van der Waals surface area contributed by atoms with Gasteiger partial charge < -0.3 is 0 Å². The molecule has 4 atom stereocenters. The van der Waals surface area contributed by atoms with Crippen molar-refractivity contribution in [2.75, 3.05) is 0 Å². The van der Waals surface area contributed by atoms with Gasteiger partial charge in [-0.15, -0.1) is 6.58 Å². The topological polar surface area (TPSA) is 0 Å². The van der Waals surface area contributed by atoms with Gasteiger partial charge in [0.05, 0.1) is 0 Å². The van der Waals surface area contributed by atoms with E-state index in [1.807, 2.05) is 0 Å². The molecule has 0 heteroatoms. The van der Waals surface area contributed by atoms with Crippen LogP contribution in [0.5, 0.6) is 0 Å². The van der Waals surface area contributed by atoms with E-state index in [0.717, 1.165) is 17.8 Å². The van der Waals surface area contributed by atoms with Crippen LogP contribution in [0.1, 0.15) is 47.5 Å². The molecular formula is C14H26. The molecular weight excluding hydrogens is 168 g/mol. The molecule has 0 aromatic rings. The third-order valence-electron chi connectivity index (χ3n) is 4.74. The molecule has 0 bridgehead atoms. The van der Waals surface area contributed by atoms with Crippen LogP contribution in [0.15, 0.2) is 12.7 Å². The second-order valence-electron chi connectivity index (χ2n) is 5.53. The summed E-state index contributed by atoms with van der Waals surface area (Å²) >= 11 is 0. The van der Waals surface area contributed by atoms with E-state index in [2.05, 4.69) is 47.3 Å². The number of hydrogen-bond donors (Lipinski definition) is 0. The summed E-state index contributed by atoms with van der Waals surface area (Å²) in [6.45, 7) is 16.0. The monoisotopic (exact) mass is 194 g/mol. The fourth-order valence-electron chi connectivity index (χ4n) is 4.11. The van der Waals surface area contributed by atoms with Crippen LogP contribution in [0, 0.1) is 29.1 Å². The predicted molar refractivity (Wildman–Crippen MR) is 64.2 cm³/mol. The fraction of sp³-hybridized carbons (Fsp3) is 0.857. The molecule has 14 heavy (non-hydrogen) atoms. The highest BCUT2D eigenvalue weighted by molar-refractivity contribution is 5.05. The van der Waals surface area contributed by atoms with Gasteiger partial charge in [0.25, 0.3) is 0 Å². The second-order valence-corrected chi connectivity index (χ2v) is 5.53. The lowest BCUT2D eigenvalue weighted by atomic mass is 9.72. The molecule has 0 saturated heterocycles. The lowest BCUT2D eigenvalue weighted by Crippen LogP contribution is -2.25. The first-order valence-corrected chi connectivity index (χ1v) is 6.13. The third kappa shape index (κ3) is 1.53. The summed E-state index contributed by atoms with van der Waals surface area (Å²) < 4.78 is 0. The van der Waals surface area contributed by atoms with Gasteiger partial charge in [0.15, 0.2) is 0 Å². The zero-order chi connectivity index (χ0) is 10.9. The Bertz CT molecular complexity index is 202. The third-order valence-corrected chi connectivity index (χ3v) is 4.74. The van der Waals surface area contributed by atoms with E-state index in [1.54, 1.807) is 0 Å². The lowest BCUT2D eigenvalue weighted by Gasteiger charge is -2.32. The second kappa shape index (κ2) is 4.08. The molecule has 1 fully saturated rings. The fourth-order valence-corrected chi connectivity index (χ4v) is 4.11. The van der Waals surface area contributed by atoms with Gasteiger partial charge in [0.1, 0.15) is 0 Å². The molecule has 1 saturated carbocycles. The minimum Gasteiger partial charge on any atom is -0.103 e. The van der Waals surface area contributed by atoms with Crippen LogP contribution in [-0.4, -0.2) is 0 Å². The number of hydrogen-bond acceptors (Lipinski definition) is 0. The average Bonchev–Trinajstić information content (AvgIpc) is 2.31. The molecule has 0 spiro atoms. The minimum atomic E-state index is 0.455. The first-order valence-electron chi connectivity index (χ1n) is 6.13. The van der Waals surface area contributed by atoms with E-state index >= 15 is 0 Å². The van der Waals surface area contributed by atoms with Gasteiger partial charge in [-0.05, 0) is 29.1 Å². The van der Waals surface area contributed by atoms with Crippen molar-refractivity contribution >= 4 is 0 Å². The smallest absolute Gasteiger partial charge is 0.0154 e. The highest BCUT2D eigenvalue weighted by Crippen LogP contribution is 2.56. The molecule has 0 aromatic carbocycles. The Labute approximate surface area is 89.8 Å². The summed E-state index contributed by atoms with van der Waals surface area (Å²) in [5, 5.41) is 0. The summed E-state index contributed by atoms with van der Waals surface area (Å²) in [5.74, 6) is 3.30. The first-order chi connectivity index (χ1) is 6.50. The Balaban J connectivity index is 2.99. The Hall–Kier alpha value is -0.260. The Kier molecular flexibility index (Phi) is 3.44. The molecule has 1 aliphatic carbocycles. The van der Waals surface area contributed by atoms with Crippen molar-refractivity contribution in [2.45, 2.75) is 47.5 Å². The Morgan fingerprint density at radius 2 is 1.79 bits per heavy atom. The van der Waals surface area contributed by atoms with Crippen molar-refractivity contribution in [3.8, 4) is 0 Å². The van der Waals surface area contributed by atoms with Crippen LogP contribution in [0.4, 0.5) is 0 Å². The number of allylic oxidation sites excluding steroid dienone is 1. The zero-order valence-corrected chi connectivity index (χ0v) is 10.5. The van der Waals surface area contributed by atoms with E-state index < -0.39 is 0 Å². The van der Waals surface area contributed by atoms with E-state index in [1.165, 1.54) is 12.8 Å². The quantitative estimate of drug-likeness (QED) is 0.580. The van der Waals surface area contributed by atoms with Crippen molar-refractivity contribution in [1.29, 1.82) is 0 Å². The van der Waals surface area contributed by atoms with E-state index in [4.69, 9.17) is 0 Å². The van der Waals surface area contributed by atoms with E-state index in [9.17, 15) is 0 Å². The molecule has 0 aromatic heterocycles. The molecule has 0 nitrogen and oxygen atoms in total. The molecule has 82 valence electrons. The Morgan fingerprint density at radius 1 is 1.21 bits per heavy atom. The molecule has 0 radical (unpaired) electrons. The van der Waals surface area contributed by atoms with E-state index in [-0.39, 0.29) is 0 Å². The van der Waals surface area contributed by atoms with Crippen molar-refractivity contribution in [2.24, 2.45) is 29.1 Å². The van der Waals surface area contributed by atoms with Gasteiger partial charge in [0, 0.05) is 0 Å². The molecule has 0 aliphatic heterocycles. The maximum Gasteiger partial charge on any atom is -0.0154 e. The molecule has 0 N–H and O–H groups in total. The maximum atomic E-state index is 4.03. The molecule has 0 heterocycles. The summed E-state index contributed by atoms with van der Waals surface area (Å²) in [7, 11) is 0. The highest BCUT2D eigenvalue weighted by Gasteiger charge is 2.50. The average molecular weight is 194 g/mol. The van der Waals surface area contributed by atoms with Crippen molar-refractivity contribution in [3.05, 3.63) is 12.7 Å². The minimum absolute atomic E-state index is 0.455. The van der Waals surface area contributed by atoms with Crippen LogP contribution in [0.2, 0.25) is 0 Å². The molecule has 3 unspecified atom stereocenters. The summed E-state index contributed by atoms with van der Waals surface area (Å²) in [5.41, 5.74) is 0.455. The predicted octanol–water partition coefficient (Wildman–Crippen LogP) is 4.52.